The second-order valence-electron chi connectivity index (χ2n) is 7.36. The summed E-state index contributed by atoms with van der Waals surface area (Å²) in [6, 6.07) is 16.4. The van der Waals surface area contributed by atoms with Crippen molar-refractivity contribution in [3.05, 3.63) is 74.4 Å². The minimum atomic E-state index is -0.0491. The maximum atomic E-state index is 13.0. The lowest BCUT2D eigenvalue weighted by atomic mass is 9.93. The van der Waals surface area contributed by atoms with E-state index in [0.29, 0.717) is 36.9 Å². The van der Waals surface area contributed by atoms with Crippen molar-refractivity contribution in [3.8, 4) is 11.5 Å². The Morgan fingerprint density at radius 2 is 1.90 bits per heavy atom. The molecule has 2 aromatic carbocycles. The van der Waals surface area contributed by atoms with Crippen LogP contribution >= 0.6 is 27.3 Å². The number of hydrogen-bond donors (Lipinski definition) is 1. The van der Waals surface area contributed by atoms with E-state index in [1.807, 2.05) is 18.2 Å². The molecule has 0 spiro atoms. The monoisotopic (exact) mass is 484 g/mol. The van der Waals surface area contributed by atoms with Crippen LogP contribution in [-0.4, -0.2) is 37.1 Å². The molecule has 1 unspecified atom stereocenters. The predicted octanol–water partition coefficient (Wildman–Crippen LogP) is 4.87. The first-order valence-corrected chi connectivity index (χ1v) is 11.6. The third-order valence-electron chi connectivity index (χ3n) is 5.43. The number of anilines is 1. The van der Waals surface area contributed by atoms with E-state index in [1.54, 1.807) is 11.3 Å². The van der Waals surface area contributed by atoms with Gasteiger partial charge in [-0.25, -0.2) is 0 Å². The SMILES string of the molecule is O=C(CN1CCc2sccc2C1c1ccccc1)Nc1cc2c(cc1Br)OCCO2. The van der Waals surface area contributed by atoms with Crippen LogP contribution in [0.1, 0.15) is 22.0 Å². The summed E-state index contributed by atoms with van der Waals surface area (Å²) in [7, 11) is 0. The van der Waals surface area contributed by atoms with Crippen molar-refractivity contribution in [2.75, 3.05) is 31.6 Å². The quantitative estimate of drug-likeness (QED) is 0.573. The Bertz CT molecular complexity index is 1070. The van der Waals surface area contributed by atoms with Crippen molar-refractivity contribution in [2.24, 2.45) is 0 Å². The summed E-state index contributed by atoms with van der Waals surface area (Å²) < 4.78 is 12.0. The first-order valence-electron chi connectivity index (χ1n) is 9.93. The van der Waals surface area contributed by atoms with E-state index >= 15 is 0 Å². The molecule has 1 N–H and O–H groups in total. The Morgan fingerprint density at radius 3 is 2.70 bits per heavy atom. The van der Waals surface area contributed by atoms with E-state index in [1.165, 1.54) is 16.0 Å². The molecule has 3 heterocycles. The van der Waals surface area contributed by atoms with Gasteiger partial charge in [0, 0.05) is 28.0 Å². The lowest BCUT2D eigenvalue weighted by Gasteiger charge is -2.35. The van der Waals surface area contributed by atoms with Crippen LogP contribution in [0.3, 0.4) is 0 Å². The fourth-order valence-corrected chi connectivity index (χ4v) is 5.42. The number of thiophene rings is 1. The highest BCUT2D eigenvalue weighted by Crippen LogP contribution is 2.39. The molecule has 0 radical (unpaired) electrons. The normalized spacial score (nSPS) is 18.0. The molecule has 2 aliphatic heterocycles. The number of ether oxygens (including phenoxy) is 2. The molecule has 0 saturated heterocycles. The predicted molar refractivity (Wildman–Crippen MR) is 122 cm³/mol. The number of halogens is 1. The zero-order chi connectivity index (χ0) is 20.5. The summed E-state index contributed by atoms with van der Waals surface area (Å²) in [5.74, 6) is 1.30. The van der Waals surface area contributed by atoms with Gasteiger partial charge in [0.15, 0.2) is 11.5 Å². The standard InChI is InChI=1S/C23H21BrN2O3S/c24-17-12-19-20(29-10-9-28-19)13-18(17)25-22(27)14-26-8-6-21-16(7-11-30-21)23(26)15-4-2-1-3-5-15/h1-5,7,11-13,23H,6,8-10,14H2,(H,25,27). The molecule has 1 aromatic heterocycles. The van der Waals surface area contributed by atoms with Gasteiger partial charge in [-0.05, 0) is 44.9 Å². The molecule has 154 valence electrons. The Kier molecular flexibility index (Phi) is 5.50. The molecule has 30 heavy (non-hydrogen) atoms. The fraction of sp³-hybridized carbons (Fsp3) is 0.261. The van der Waals surface area contributed by atoms with Crippen molar-refractivity contribution in [1.82, 2.24) is 4.90 Å². The summed E-state index contributed by atoms with van der Waals surface area (Å²) in [6.07, 6.45) is 0.970. The average Bonchev–Trinajstić information content (AvgIpc) is 3.23. The fourth-order valence-electron chi connectivity index (χ4n) is 4.10. The minimum absolute atomic E-state index is 0.0491. The van der Waals surface area contributed by atoms with E-state index in [2.05, 4.69) is 61.9 Å². The summed E-state index contributed by atoms with van der Waals surface area (Å²) in [6.45, 7) is 2.21. The molecular formula is C23H21BrN2O3S. The van der Waals surface area contributed by atoms with Crippen molar-refractivity contribution in [3.63, 3.8) is 0 Å². The van der Waals surface area contributed by atoms with Gasteiger partial charge in [-0.15, -0.1) is 11.3 Å². The Morgan fingerprint density at radius 1 is 1.13 bits per heavy atom. The second kappa shape index (κ2) is 8.41. The zero-order valence-electron chi connectivity index (χ0n) is 16.3. The van der Waals surface area contributed by atoms with Crippen LogP contribution in [0.15, 0.2) is 58.4 Å². The van der Waals surface area contributed by atoms with E-state index in [0.717, 1.165) is 17.4 Å². The Labute approximate surface area is 187 Å². The number of hydrogen-bond acceptors (Lipinski definition) is 5. The first-order chi connectivity index (χ1) is 14.7. The number of amides is 1. The number of benzene rings is 2. The first kappa shape index (κ1) is 19.6. The van der Waals surface area contributed by atoms with Gasteiger partial charge in [-0.3, -0.25) is 9.69 Å². The number of nitrogens with zero attached hydrogens (tertiary/aromatic N) is 1. The molecule has 1 atom stereocenters. The van der Waals surface area contributed by atoms with Crippen LogP contribution in [0.5, 0.6) is 11.5 Å². The smallest absolute Gasteiger partial charge is 0.238 e. The van der Waals surface area contributed by atoms with Crippen molar-refractivity contribution >= 4 is 38.9 Å². The third-order valence-corrected chi connectivity index (χ3v) is 7.09. The van der Waals surface area contributed by atoms with Gasteiger partial charge in [0.1, 0.15) is 13.2 Å². The van der Waals surface area contributed by atoms with Crippen LogP contribution in [0, 0.1) is 0 Å². The highest BCUT2D eigenvalue weighted by Gasteiger charge is 2.31. The molecule has 0 bridgehead atoms. The van der Waals surface area contributed by atoms with Crippen molar-refractivity contribution < 1.29 is 14.3 Å². The van der Waals surface area contributed by atoms with Gasteiger partial charge in [0.25, 0.3) is 0 Å². The van der Waals surface area contributed by atoms with Crippen LogP contribution in [0.4, 0.5) is 5.69 Å². The molecule has 7 heteroatoms. The van der Waals surface area contributed by atoms with Gasteiger partial charge in [-0.2, -0.15) is 0 Å². The minimum Gasteiger partial charge on any atom is -0.486 e. The summed E-state index contributed by atoms with van der Waals surface area (Å²) in [5, 5.41) is 5.19. The molecular weight excluding hydrogens is 464 g/mol. The van der Waals surface area contributed by atoms with Crippen LogP contribution in [-0.2, 0) is 11.2 Å². The molecule has 2 aliphatic rings. The average molecular weight is 485 g/mol. The van der Waals surface area contributed by atoms with Crippen molar-refractivity contribution in [1.29, 1.82) is 0 Å². The third kappa shape index (κ3) is 3.85. The number of carbonyl (C=O) groups excluding carboxylic acids is 1. The van der Waals surface area contributed by atoms with Crippen LogP contribution < -0.4 is 14.8 Å². The molecule has 5 nitrogen and oxygen atoms in total. The zero-order valence-corrected chi connectivity index (χ0v) is 18.7. The number of fused-ring (bicyclic) bond motifs is 2. The van der Waals surface area contributed by atoms with Gasteiger partial charge >= 0.3 is 0 Å². The van der Waals surface area contributed by atoms with Crippen LogP contribution in [0.2, 0.25) is 0 Å². The van der Waals surface area contributed by atoms with Gasteiger partial charge in [-0.1, -0.05) is 30.3 Å². The number of carbonyl (C=O) groups is 1. The summed E-state index contributed by atoms with van der Waals surface area (Å²) in [4.78, 5) is 16.7. The van der Waals surface area contributed by atoms with E-state index in [-0.39, 0.29) is 11.9 Å². The summed E-state index contributed by atoms with van der Waals surface area (Å²) >= 11 is 5.33. The highest BCUT2D eigenvalue weighted by atomic mass is 79.9. The van der Waals surface area contributed by atoms with Gasteiger partial charge < -0.3 is 14.8 Å². The molecule has 3 aromatic rings. The Hall–Kier alpha value is -2.35. The largest absolute Gasteiger partial charge is 0.486 e. The van der Waals surface area contributed by atoms with Gasteiger partial charge in [0.2, 0.25) is 5.91 Å². The molecule has 1 amide bonds. The van der Waals surface area contributed by atoms with E-state index in [9.17, 15) is 4.79 Å². The summed E-state index contributed by atoms with van der Waals surface area (Å²) in [5.41, 5.74) is 3.21. The Balaban J connectivity index is 1.36. The second-order valence-corrected chi connectivity index (χ2v) is 9.21. The van der Waals surface area contributed by atoms with Gasteiger partial charge in [0.05, 0.1) is 18.3 Å². The number of rotatable bonds is 4. The molecule has 5 rings (SSSR count). The topological polar surface area (TPSA) is 50.8 Å². The molecule has 0 saturated carbocycles. The van der Waals surface area contributed by atoms with Crippen LogP contribution in [0.25, 0.3) is 0 Å². The maximum absolute atomic E-state index is 13.0. The maximum Gasteiger partial charge on any atom is 0.238 e. The van der Waals surface area contributed by atoms with E-state index < -0.39 is 0 Å². The van der Waals surface area contributed by atoms with Crippen molar-refractivity contribution in [2.45, 2.75) is 12.5 Å². The lowest BCUT2D eigenvalue weighted by Crippen LogP contribution is -2.40. The van der Waals surface area contributed by atoms with E-state index in [4.69, 9.17) is 9.47 Å². The highest BCUT2D eigenvalue weighted by molar-refractivity contribution is 9.10. The number of nitrogens with one attached hydrogen (secondary N) is 1. The molecule has 0 fully saturated rings. The molecule has 0 aliphatic carbocycles. The lowest BCUT2D eigenvalue weighted by molar-refractivity contribution is -0.117.